The Kier molecular flexibility index (Phi) is 4.15. The molecule has 1 N–H and O–H groups in total. The summed E-state index contributed by atoms with van der Waals surface area (Å²) in [5, 5.41) is 6.53. The Balaban J connectivity index is 2.13. The molecule has 1 unspecified atom stereocenters. The summed E-state index contributed by atoms with van der Waals surface area (Å²) in [7, 11) is 0. The molecule has 0 radical (unpaired) electrons. The average molecular weight is 263 g/mol. The largest absolute Gasteiger partial charge is 0.476 e. The molecule has 0 spiro atoms. The Morgan fingerprint density at radius 1 is 1.50 bits per heavy atom. The number of rotatable bonds is 5. The normalized spacial score (nSPS) is 12.2. The first kappa shape index (κ1) is 12.8. The molecule has 0 saturated heterocycles. The van der Waals surface area contributed by atoms with Crippen LogP contribution >= 0.6 is 11.3 Å². The van der Waals surface area contributed by atoms with Gasteiger partial charge in [-0.05, 0) is 32.9 Å². The molecular weight excluding hydrogens is 246 g/mol. The van der Waals surface area contributed by atoms with Crippen molar-refractivity contribution in [3.63, 3.8) is 0 Å². The van der Waals surface area contributed by atoms with Gasteiger partial charge in [-0.25, -0.2) is 9.97 Å². The van der Waals surface area contributed by atoms with Crippen molar-refractivity contribution >= 4 is 17.0 Å². The topological polar surface area (TPSA) is 47.0 Å². The van der Waals surface area contributed by atoms with Gasteiger partial charge in [0.2, 0.25) is 5.88 Å². The fraction of sp³-hybridized carbons (Fsp3) is 0.385. The summed E-state index contributed by atoms with van der Waals surface area (Å²) in [4.78, 5) is 8.70. The van der Waals surface area contributed by atoms with E-state index in [2.05, 4.69) is 27.6 Å². The van der Waals surface area contributed by atoms with Crippen molar-refractivity contribution in [1.29, 1.82) is 0 Å². The van der Waals surface area contributed by atoms with Crippen molar-refractivity contribution in [3.05, 3.63) is 34.4 Å². The van der Waals surface area contributed by atoms with Gasteiger partial charge in [0.15, 0.2) is 0 Å². The first-order valence-corrected chi connectivity index (χ1v) is 6.85. The lowest BCUT2D eigenvalue weighted by atomic mass is 10.2. The Morgan fingerprint density at radius 3 is 3.00 bits per heavy atom. The molecule has 96 valence electrons. The van der Waals surface area contributed by atoms with Gasteiger partial charge in [-0.3, -0.25) is 0 Å². The molecule has 2 aromatic rings. The number of hydrogen-bond acceptors (Lipinski definition) is 5. The molecule has 2 heterocycles. The highest BCUT2D eigenvalue weighted by Gasteiger charge is 2.11. The summed E-state index contributed by atoms with van der Waals surface area (Å²) in [6, 6.07) is 4.00. The van der Waals surface area contributed by atoms with Gasteiger partial charge in [-0.1, -0.05) is 0 Å². The Bertz CT molecular complexity index is 512. The maximum atomic E-state index is 5.49. The van der Waals surface area contributed by atoms with Gasteiger partial charge in [0.1, 0.15) is 0 Å². The van der Waals surface area contributed by atoms with Crippen LogP contribution in [0.2, 0.25) is 0 Å². The molecule has 1 atom stereocenters. The fourth-order valence-corrected chi connectivity index (χ4v) is 2.34. The Hall–Kier alpha value is -1.62. The van der Waals surface area contributed by atoms with Crippen molar-refractivity contribution in [2.45, 2.75) is 26.8 Å². The van der Waals surface area contributed by atoms with Crippen LogP contribution in [0.1, 0.15) is 30.6 Å². The number of nitrogens with zero attached hydrogens (tertiary/aromatic N) is 2. The van der Waals surface area contributed by atoms with Crippen molar-refractivity contribution < 1.29 is 4.74 Å². The van der Waals surface area contributed by atoms with E-state index >= 15 is 0 Å². The van der Waals surface area contributed by atoms with E-state index < -0.39 is 0 Å². The molecule has 2 aromatic heterocycles. The van der Waals surface area contributed by atoms with E-state index in [1.807, 2.05) is 26.0 Å². The molecular formula is C13H17N3OS. The number of thiazole rings is 1. The molecule has 5 heteroatoms. The van der Waals surface area contributed by atoms with E-state index in [-0.39, 0.29) is 6.04 Å². The summed E-state index contributed by atoms with van der Waals surface area (Å²) in [5.41, 5.74) is 1.95. The van der Waals surface area contributed by atoms with Gasteiger partial charge in [0, 0.05) is 11.6 Å². The second-order valence-electron chi connectivity index (χ2n) is 3.95. The predicted molar refractivity (Wildman–Crippen MR) is 74.3 cm³/mol. The molecule has 0 aliphatic carbocycles. The molecule has 0 fully saturated rings. The molecule has 0 aromatic carbocycles. The average Bonchev–Trinajstić information content (AvgIpc) is 2.79. The molecule has 0 amide bonds. The first-order chi connectivity index (χ1) is 8.70. The zero-order chi connectivity index (χ0) is 13.0. The fourth-order valence-electron chi connectivity index (χ4n) is 1.64. The minimum Gasteiger partial charge on any atom is -0.476 e. The van der Waals surface area contributed by atoms with E-state index in [0.29, 0.717) is 12.5 Å². The third-order valence-corrected chi connectivity index (χ3v) is 3.30. The molecule has 0 aliphatic rings. The van der Waals surface area contributed by atoms with Crippen LogP contribution < -0.4 is 10.1 Å². The Morgan fingerprint density at radius 2 is 2.33 bits per heavy atom. The number of anilines is 1. The molecule has 18 heavy (non-hydrogen) atoms. The third kappa shape index (κ3) is 2.98. The van der Waals surface area contributed by atoms with E-state index in [0.717, 1.165) is 16.4 Å². The first-order valence-electron chi connectivity index (χ1n) is 5.97. The lowest BCUT2D eigenvalue weighted by molar-refractivity contribution is 0.328. The minimum atomic E-state index is 0.137. The number of aryl methyl sites for hydroxylation is 1. The van der Waals surface area contributed by atoms with Crippen LogP contribution in [0.3, 0.4) is 0 Å². The number of hydrogen-bond donors (Lipinski definition) is 1. The summed E-state index contributed by atoms with van der Waals surface area (Å²) in [6.07, 6.45) is 1.73. The molecule has 0 saturated carbocycles. The highest BCUT2D eigenvalue weighted by molar-refractivity contribution is 7.09. The van der Waals surface area contributed by atoms with Crippen molar-refractivity contribution in [2.75, 3.05) is 11.9 Å². The van der Waals surface area contributed by atoms with E-state index in [1.165, 1.54) is 0 Å². The number of pyridine rings is 1. The lowest BCUT2D eigenvalue weighted by Crippen LogP contribution is -2.09. The van der Waals surface area contributed by atoms with Crippen molar-refractivity contribution in [2.24, 2.45) is 0 Å². The zero-order valence-corrected chi connectivity index (χ0v) is 11.6. The predicted octanol–water partition coefficient (Wildman–Crippen LogP) is 3.42. The molecule has 0 aliphatic heterocycles. The van der Waals surface area contributed by atoms with E-state index in [9.17, 15) is 0 Å². The molecule has 2 rings (SSSR count). The second kappa shape index (κ2) is 5.82. The molecule has 4 nitrogen and oxygen atoms in total. The minimum absolute atomic E-state index is 0.137. The lowest BCUT2D eigenvalue weighted by Gasteiger charge is -2.15. The molecule has 0 bridgehead atoms. The van der Waals surface area contributed by atoms with Crippen LogP contribution in [-0.2, 0) is 0 Å². The smallest absolute Gasteiger partial charge is 0.237 e. The monoisotopic (exact) mass is 263 g/mol. The summed E-state index contributed by atoms with van der Waals surface area (Å²) < 4.78 is 5.49. The standard InChI is InChI=1S/C13H17N3OS/c1-4-17-13-11(6-5-7-14-13)15-9(2)12-8-18-10(3)16-12/h5-9,15H,4H2,1-3H3. The number of aromatic nitrogens is 2. The summed E-state index contributed by atoms with van der Waals surface area (Å²) in [6.45, 7) is 6.65. The maximum Gasteiger partial charge on any atom is 0.237 e. The van der Waals surface area contributed by atoms with Crippen LogP contribution in [0.5, 0.6) is 5.88 Å². The van der Waals surface area contributed by atoms with Crippen LogP contribution in [0.25, 0.3) is 0 Å². The second-order valence-corrected chi connectivity index (χ2v) is 5.01. The van der Waals surface area contributed by atoms with E-state index in [4.69, 9.17) is 4.74 Å². The van der Waals surface area contributed by atoms with Gasteiger partial charge in [-0.2, -0.15) is 0 Å². The van der Waals surface area contributed by atoms with Crippen LogP contribution in [0.15, 0.2) is 23.7 Å². The SMILES string of the molecule is CCOc1ncccc1NC(C)c1csc(C)n1. The number of ether oxygens (including phenoxy) is 1. The Labute approximate surface area is 111 Å². The van der Waals surface area contributed by atoms with Gasteiger partial charge in [0.05, 0.1) is 29.0 Å². The highest BCUT2D eigenvalue weighted by Crippen LogP contribution is 2.26. The summed E-state index contributed by atoms with van der Waals surface area (Å²) in [5.74, 6) is 0.638. The van der Waals surface area contributed by atoms with Crippen LogP contribution in [0.4, 0.5) is 5.69 Å². The third-order valence-electron chi connectivity index (χ3n) is 2.50. The van der Waals surface area contributed by atoms with Gasteiger partial charge in [-0.15, -0.1) is 11.3 Å². The maximum absolute atomic E-state index is 5.49. The quantitative estimate of drug-likeness (QED) is 0.898. The van der Waals surface area contributed by atoms with E-state index in [1.54, 1.807) is 17.5 Å². The van der Waals surface area contributed by atoms with Gasteiger partial charge in [0.25, 0.3) is 0 Å². The van der Waals surface area contributed by atoms with Gasteiger partial charge >= 0.3 is 0 Å². The van der Waals surface area contributed by atoms with Gasteiger partial charge < -0.3 is 10.1 Å². The van der Waals surface area contributed by atoms with Crippen molar-refractivity contribution in [1.82, 2.24) is 9.97 Å². The van der Waals surface area contributed by atoms with Crippen LogP contribution in [0, 0.1) is 6.92 Å². The summed E-state index contributed by atoms with van der Waals surface area (Å²) >= 11 is 1.66. The highest BCUT2D eigenvalue weighted by atomic mass is 32.1. The zero-order valence-electron chi connectivity index (χ0n) is 10.8. The van der Waals surface area contributed by atoms with Crippen molar-refractivity contribution in [3.8, 4) is 5.88 Å². The number of nitrogens with one attached hydrogen (secondary N) is 1. The van der Waals surface area contributed by atoms with Crippen LogP contribution in [-0.4, -0.2) is 16.6 Å².